The minimum atomic E-state index is -0.444. The van der Waals surface area contributed by atoms with Crippen LogP contribution >= 0.6 is 0 Å². The minimum absolute atomic E-state index is 0.259. The lowest BCUT2D eigenvalue weighted by atomic mass is 9.98. The Balaban J connectivity index is 3.35. The highest BCUT2D eigenvalue weighted by atomic mass is 16.5. The van der Waals surface area contributed by atoms with Gasteiger partial charge in [0.15, 0.2) is 0 Å². The van der Waals surface area contributed by atoms with Crippen molar-refractivity contribution in [2.75, 3.05) is 0 Å². The maximum atomic E-state index is 11.5. The summed E-state index contributed by atoms with van der Waals surface area (Å²) in [6.07, 6.45) is 0. The van der Waals surface area contributed by atoms with Crippen LogP contribution in [0.4, 0.5) is 0 Å². The molecule has 0 aliphatic rings. The highest BCUT2D eigenvalue weighted by molar-refractivity contribution is 5.89. The highest BCUT2D eigenvalue weighted by Gasteiger charge is 2.17. The van der Waals surface area contributed by atoms with Gasteiger partial charge in [-0.25, -0.2) is 4.79 Å². The van der Waals surface area contributed by atoms with E-state index in [1.807, 2.05) is 13.8 Å². The van der Waals surface area contributed by atoms with Crippen molar-refractivity contribution in [1.29, 1.82) is 0 Å². The summed E-state index contributed by atoms with van der Waals surface area (Å²) in [6, 6.07) is 0. The van der Waals surface area contributed by atoms with E-state index in [0.717, 1.165) is 22.3 Å². The Morgan fingerprint density at radius 1 is 1.06 bits per heavy atom. The summed E-state index contributed by atoms with van der Waals surface area (Å²) in [4.78, 5) is 11.5. The molecule has 3 heteroatoms. The fourth-order valence-electron chi connectivity index (χ4n) is 1.59. The third kappa shape index (κ3) is 2.33. The third-order valence-electron chi connectivity index (χ3n) is 3.06. The normalized spacial score (nSPS) is 10.2. The molecule has 0 atom stereocenters. The third-order valence-corrected chi connectivity index (χ3v) is 3.06. The maximum Gasteiger partial charge on any atom is 0.338 e. The van der Waals surface area contributed by atoms with E-state index in [-0.39, 0.29) is 5.75 Å². The van der Waals surface area contributed by atoms with Crippen molar-refractivity contribution in [1.82, 2.24) is 0 Å². The van der Waals surface area contributed by atoms with Crippen LogP contribution in [-0.2, 0) is 4.79 Å². The molecule has 0 amide bonds. The van der Waals surface area contributed by atoms with Gasteiger partial charge in [-0.3, -0.25) is 0 Å². The van der Waals surface area contributed by atoms with Gasteiger partial charge in [-0.2, -0.15) is 0 Å². The van der Waals surface area contributed by atoms with E-state index in [9.17, 15) is 9.90 Å². The predicted molar refractivity (Wildman–Crippen MR) is 67.5 cm³/mol. The number of hydrogen-bond donors (Lipinski definition) is 1. The molecule has 17 heavy (non-hydrogen) atoms. The molecule has 0 aliphatic carbocycles. The van der Waals surface area contributed by atoms with Crippen molar-refractivity contribution in [3.05, 3.63) is 34.4 Å². The molecular weight excluding hydrogens is 216 g/mol. The van der Waals surface area contributed by atoms with Crippen LogP contribution in [-0.4, -0.2) is 11.1 Å². The number of phenolic OH excluding ortho intramolecular Hbond substituents is 1. The Morgan fingerprint density at radius 2 is 1.47 bits per heavy atom. The van der Waals surface area contributed by atoms with Gasteiger partial charge in [-0.05, 0) is 56.9 Å². The van der Waals surface area contributed by atoms with Crippen LogP contribution in [0.25, 0.3) is 0 Å². The van der Waals surface area contributed by atoms with Crippen LogP contribution in [0.2, 0.25) is 0 Å². The lowest BCUT2D eigenvalue weighted by molar-refractivity contribution is -0.130. The average molecular weight is 234 g/mol. The van der Waals surface area contributed by atoms with Gasteiger partial charge in [0.1, 0.15) is 11.5 Å². The second kappa shape index (κ2) is 4.62. The first-order valence-corrected chi connectivity index (χ1v) is 5.44. The molecule has 1 aromatic rings. The highest BCUT2D eigenvalue weighted by Crippen LogP contribution is 2.36. The number of carbonyl (C=O) groups excluding carboxylic acids is 1. The molecule has 3 nitrogen and oxygen atoms in total. The zero-order chi connectivity index (χ0) is 13.3. The topological polar surface area (TPSA) is 46.5 Å². The second-order valence-corrected chi connectivity index (χ2v) is 4.35. The molecule has 0 radical (unpaired) electrons. The van der Waals surface area contributed by atoms with Crippen LogP contribution in [0.15, 0.2) is 12.2 Å². The van der Waals surface area contributed by atoms with E-state index >= 15 is 0 Å². The molecule has 0 spiro atoms. The van der Waals surface area contributed by atoms with Gasteiger partial charge in [0.25, 0.3) is 0 Å². The molecule has 0 saturated carbocycles. The summed E-state index contributed by atoms with van der Waals surface area (Å²) in [7, 11) is 0. The Bertz CT molecular complexity index is 470. The molecule has 0 bridgehead atoms. The van der Waals surface area contributed by atoms with Crippen molar-refractivity contribution in [3.8, 4) is 11.5 Å². The van der Waals surface area contributed by atoms with E-state index in [2.05, 4.69) is 6.58 Å². The van der Waals surface area contributed by atoms with Gasteiger partial charge in [-0.1, -0.05) is 6.58 Å². The molecular formula is C14H18O3. The lowest BCUT2D eigenvalue weighted by Crippen LogP contribution is -2.11. The molecule has 0 aromatic heterocycles. The Hall–Kier alpha value is -1.77. The van der Waals surface area contributed by atoms with Crippen LogP contribution in [0.5, 0.6) is 11.5 Å². The molecule has 1 N–H and O–H groups in total. The number of rotatable bonds is 2. The second-order valence-electron chi connectivity index (χ2n) is 4.35. The molecule has 1 aromatic carbocycles. The zero-order valence-corrected chi connectivity index (χ0v) is 11.0. The van der Waals surface area contributed by atoms with Crippen molar-refractivity contribution in [2.24, 2.45) is 0 Å². The molecule has 0 unspecified atom stereocenters. The van der Waals surface area contributed by atoms with Crippen molar-refractivity contribution in [3.63, 3.8) is 0 Å². The van der Waals surface area contributed by atoms with Crippen LogP contribution in [0.3, 0.4) is 0 Å². The van der Waals surface area contributed by atoms with Gasteiger partial charge in [-0.15, -0.1) is 0 Å². The molecule has 0 aliphatic heterocycles. The van der Waals surface area contributed by atoms with Gasteiger partial charge in [0.2, 0.25) is 0 Å². The Kier molecular flexibility index (Phi) is 3.61. The first-order valence-electron chi connectivity index (χ1n) is 5.44. The van der Waals surface area contributed by atoms with Crippen LogP contribution < -0.4 is 4.74 Å². The van der Waals surface area contributed by atoms with Gasteiger partial charge in [0, 0.05) is 5.57 Å². The summed E-state index contributed by atoms with van der Waals surface area (Å²) < 4.78 is 5.30. The van der Waals surface area contributed by atoms with E-state index < -0.39 is 5.97 Å². The number of benzene rings is 1. The molecule has 0 fully saturated rings. The van der Waals surface area contributed by atoms with Gasteiger partial charge in [0.05, 0.1) is 0 Å². The standard InChI is InChI=1S/C14H18O3/c1-7(2)14(16)17-13-10(5)8(3)12(15)9(4)11(13)6/h15H,1H2,2-6H3. The SMILES string of the molecule is C=C(C)C(=O)Oc1c(C)c(C)c(O)c(C)c1C. The van der Waals surface area contributed by atoms with Crippen molar-refractivity contribution >= 4 is 5.97 Å². The van der Waals surface area contributed by atoms with E-state index in [4.69, 9.17) is 4.74 Å². The smallest absolute Gasteiger partial charge is 0.338 e. The van der Waals surface area contributed by atoms with E-state index in [1.165, 1.54) is 0 Å². The summed E-state index contributed by atoms with van der Waals surface area (Å²) in [6.45, 7) is 12.4. The fraction of sp³-hybridized carbons (Fsp3) is 0.357. The quantitative estimate of drug-likeness (QED) is 0.486. The number of ether oxygens (including phenoxy) is 1. The monoisotopic (exact) mass is 234 g/mol. The molecule has 1 rings (SSSR count). The Morgan fingerprint density at radius 3 is 1.82 bits per heavy atom. The van der Waals surface area contributed by atoms with Gasteiger partial charge >= 0.3 is 5.97 Å². The molecule has 0 heterocycles. The number of hydrogen-bond acceptors (Lipinski definition) is 3. The average Bonchev–Trinajstić information content (AvgIpc) is 2.29. The maximum absolute atomic E-state index is 11.5. The summed E-state index contributed by atoms with van der Waals surface area (Å²) in [5.74, 6) is 0.335. The summed E-state index contributed by atoms with van der Waals surface area (Å²) >= 11 is 0. The van der Waals surface area contributed by atoms with Crippen LogP contribution in [0, 0.1) is 27.7 Å². The Labute approximate surface area is 102 Å². The van der Waals surface area contributed by atoms with Crippen molar-refractivity contribution in [2.45, 2.75) is 34.6 Å². The fourth-order valence-corrected chi connectivity index (χ4v) is 1.59. The van der Waals surface area contributed by atoms with Gasteiger partial charge < -0.3 is 9.84 Å². The number of esters is 1. The summed E-state index contributed by atoms with van der Waals surface area (Å²) in [5, 5.41) is 9.88. The molecule has 92 valence electrons. The largest absolute Gasteiger partial charge is 0.507 e. The molecule has 0 saturated heterocycles. The van der Waals surface area contributed by atoms with E-state index in [0.29, 0.717) is 11.3 Å². The first kappa shape index (κ1) is 13.3. The number of carbonyl (C=O) groups is 1. The van der Waals surface area contributed by atoms with E-state index in [1.54, 1.807) is 20.8 Å². The number of phenols is 1. The minimum Gasteiger partial charge on any atom is -0.507 e. The summed E-state index contributed by atoms with van der Waals surface area (Å²) in [5.41, 5.74) is 3.38. The lowest BCUT2D eigenvalue weighted by Gasteiger charge is -2.16. The number of aromatic hydroxyl groups is 1. The van der Waals surface area contributed by atoms with Crippen LogP contribution in [0.1, 0.15) is 29.2 Å². The van der Waals surface area contributed by atoms with Crippen molar-refractivity contribution < 1.29 is 14.6 Å². The first-order chi connectivity index (χ1) is 7.77. The zero-order valence-electron chi connectivity index (χ0n) is 11.0. The predicted octanol–water partition coefficient (Wildman–Crippen LogP) is 3.11.